The molecule has 0 spiro atoms. The summed E-state index contributed by atoms with van der Waals surface area (Å²) in [6.45, 7) is 2.54. The Morgan fingerprint density at radius 2 is 1.80 bits per heavy atom. The first-order chi connectivity index (χ1) is 12.0. The quantitative estimate of drug-likeness (QED) is 0.861. The van der Waals surface area contributed by atoms with E-state index in [0.717, 1.165) is 12.0 Å². The zero-order valence-electron chi connectivity index (χ0n) is 14.0. The summed E-state index contributed by atoms with van der Waals surface area (Å²) in [5, 5.41) is 6.14. The molecule has 0 aliphatic carbocycles. The van der Waals surface area contributed by atoms with Gasteiger partial charge in [-0.05, 0) is 44.0 Å². The third-order valence-electron chi connectivity index (χ3n) is 4.25. The van der Waals surface area contributed by atoms with Gasteiger partial charge in [-0.25, -0.2) is 4.79 Å². The van der Waals surface area contributed by atoms with Gasteiger partial charge in [-0.3, -0.25) is 4.79 Å². The normalized spacial score (nSPS) is 16.6. The fourth-order valence-electron chi connectivity index (χ4n) is 2.89. The molecule has 0 unspecified atom stereocenters. The summed E-state index contributed by atoms with van der Waals surface area (Å²) in [4.78, 5) is 26.7. The van der Waals surface area contributed by atoms with Crippen LogP contribution < -0.4 is 10.6 Å². The molecule has 25 heavy (non-hydrogen) atoms. The first-order valence-electron chi connectivity index (χ1n) is 8.24. The zero-order valence-corrected chi connectivity index (χ0v) is 14.7. The Labute approximate surface area is 152 Å². The topological polar surface area (TPSA) is 61.4 Å². The van der Waals surface area contributed by atoms with E-state index in [0.29, 0.717) is 29.4 Å². The monoisotopic (exact) mass is 357 g/mol. The molecule has 1 heterocycles. The lowest BCUT2D eigenvalue weighted by atomic mass is 10.2. The molecular formula is C19H20ClN3O2. The van der Waals surface area contributed by atoms with Crippen molar-refractivity contribution in [1.29, 1.82) is 0 Å². The molecule has 6 heteroatoms. The predicted octanol–water partition coefficient (Wildman–Crippen LogP) is 4.28. The molecule has 0 radical (unpaired) electrons. The number of nitrogens with zero attached hydrogens (tertiary/aromatic N) is 1. The van der Waals surface area contributed by atoms with Gasteiger partial charge in [0.15, 0.2) is 0 Å². The third-order valence-corrected chi connectivity index (χ3v) is 4.58. The predicted molar refractivity (Wildman–Crippen MR) is 100 cm³/mol. The molecule has 2 aromatic carbocycles. The molecule has 1 aliphatic rings. The Kier molecular flexibility index (Phi) is 5.24. The molecule has 0 bridgehead atoms. The van der Waals surface area contributed by atoms with Gasteiger partial charge in [-0.2, -0.15) is 0 Å². The summed E-state index contributed by atoms with van der Waals surface area (Å²) in [5.41, 5.74) is 2.39. The first kappa shape index (κ1) is 17.3. The molecule has 2 aromatic rings. The van der Waals surface area contributed by atoms with E-state index in [-0.39, 0.29) is 11.9 Å². The van der Waals surface area contributed by atoms with Crippen LogP contribution in [0.25, 0.3) is 0 Å². The molecule has 3 rings (SSSR count). The average Bonchev–Trinajstić information content (AvgIpc) is 3.09. The number of amides is 3. The SMILES string of the molecule is Cc1ccc(NC(=O)N2CCC[C@@H]2C(=O)Nc2ccccc2Cl)cc1. The van der Waals surface area contributed by atoms with Crippen LogP contribution in [0, 0.1) is 6.92 Å². The lowest BCUT2D eigenvalue weighted by Gasteiger charge is -2.24. The van der Waals surface area contributed by atoms with E-state index in [4.69, 9.17) is 11.6 Å². The van der Waals surface area contributed by atoms with Crippen LogP contribution in [0.5, 0.6) is 0 Å². The van der Waals surface area contributed by atoms with Crippen LogP contribution >= 0.6 is 11.6 Å². The highest BCUT2D eigenvalue weighted by Crippen LogP contribution is 2.24. The Hall–Kier alpha value is -2.53. The molecule has 1 atom stereocenters. The van der Waals surface area contributed by atoms with E-state index in [2.05, 4.69) is 10.6 Å². The number of urea groups is 1. The van der Waals surface area contributed by atoms with Crippen LogP contribution in [-0.2, 0) is 4.79 Å². The van der Waals surface area contributed by atoms with Gasteiger partial charge in [-0.1, -0.05) is 41.4 Å². The van der Waals surface area contributed by atoms with Crippen molar-refractivity contribution in [2.24, 2.45) is 0 Å². The molecule has 5 nitrogen and oxygen atoms in total. The van der Waals surface area contributed by atoms with E-state index in [9.17, 15) is 9.59 Å². The van der Waals surface area contributed by atoms with E-state index in [1.165, 1.54) is 0 Å². The summed E-state index contributed by atoms with van der Waals surface area (Å²) in [5.74, 6) is -0.218. The molecule has 0 saturated carbocycles. The molecule has 130 valence electrons. The highest BCUT2D eigenvalue weighted by Gasteiger charge is 2.34. The fourth-order valence-corrected chi connectivity index (χ4v) is 3.08. The van der Waals surface area contributed by atoms with Gasteiger partial charge in [-0.15, -0.1) is 0 Å². The number of carbonyl (C=O) groups is 2. The second-order valence-corrected chi connectivity index (χ2v) is 6.52. The Balaban J connectivity index is 1.67. The maximum atomic E-state index is 12.6. The van der Waals surface area contributed by atoms with Crippen molar-refractivity contribution in [2.75, 3.05) is 17.2 Å². The number of nitrogens with one attached hydrogen (secondary N) is 2. The van der Waals surface area contributed by atoms with E-state index in [1.807, 2.05) is 31.2 Å². The summed E-state index contributed by atoms with van der Waals surface area (Å²) in [7, 11) is 0. The van der Waals surface area contributed by atoms with Gasteiger partial charge in [0.1, 0.15) is 6.04 Å². The minimum Gasteiger partial charge on any atom is -0.323 e. The molecule has 1 fully saturated rings. The van der Waals surface area contributed by atoms with Gasteiger partial charge in [0, 0.05) is 12.2 Å². The van der Waals surface area contributed by atoms with Crippen LogP contribution in [0.2, 0.25) is 5.02 Å². The number of para-hydroxylation sites is 1. The lowest BCUT2D eigenvalue weighted by Crippen LogP contribution is -2.45. The Bertz CT molecular complexity index is 776. The van der Waals surface area contributed by atoms with Crippen molar-refractivity contribution < 1.29 is 9.59 Å². The standard InChI is InChI=1S/C19H20ClN3O2/c1-13-8-10-14(11-9-13)21-19(25)23-12-4-7-17(23)18(24)22-16-6-3-2-5-15(16)20/h2-3,5-6,8-11,17H,4,7,12H2,1H3,(H,21,25)(H,22,24)/t17-/m1/s1. The lowest BCUT2D eigenvalue weighted by molar-refractivity contribution is -0.119. The maximum absolute atomic E-state index is 12.6. The summed E-state index contributed by atoms with van der Waals surface area (Å²) in [6, 6.07) is 13.9. The van der Waals surface area contributed by atoms with Crippen molar-refractivity contribution in [3.8, 4) is 0 Å². The van der Waals surface area contributed by atoms with Gasteiger partial charge >= 0.3 is 6.03 Å². The maximum Gasteiger partial charge on any atom is 0.322 e. The number of hydrogen-bond donors (Lipinski definition) is 2. The van der Waals surface area contributed by atoms with Gasteiger partial charge in [0.05, 0.1) is 10.7 Å². The minimum absolute atomic E-state index is 0.218. The number of carbonyl (C=O) groups excluding carboxylic acids is 2. The summed E-state index contributed by atoms with van der Waals surface area (Å²) in [6.07, 6.45) is 1.43. The molecule has 1 saturated heterocycles. The number of benzene rings is 2. The molecule has 1 aliphatic heterocycles. The number of hydrogen-bond acceptors (Lipinski definition) is 2. The van der Waals surface area contributed by atoms with Crippen LogP contribution in [-0.4, -0.2) is 29.4 Å². The number of rotatable bonds is 3. The number of anilines is 2. The molecule has 0 aromatic heterocycles. The largest absolute Gasteiger partial charge is 0.323 e. The minimum atomic E-state index is -0.498. The molecular weight excluding hydrogens is 338 g/mol. The number of likely N-dealkylation sites (tertiary alicyclic amines) is 1. The Morgan fingerprint density at radius 3 is 2.52 bits per heavy atom. The second-order valence-electron chi connectivity index (χ2n) is 6.12. The van der Waals surface area contributed by atoms with E-state index < -0.39 is 6.04 Å². The first-order valence-corrected chi connectivity index (χ1v) is 8.62. The highest BCUT2D eigenvalue weighted by atomic mass is 35.5. The highest BCUT2D eigenvalue weighted by molar-refractivity contribution is 6.33. The van der Waals surface area contributed by atoms with Crippen molar-refractivity contribution in [2.45, 2.75) is 25.8 Å². The smallest absolute Gasteiger partial charge is 0.322 e. The van der Waals surface area contributed by atoms with Gasteiger partial charge in [0.25, 0.3) is 0 Å². The van der Waals surface area contributed by atoms with Crippen molar-refractivity contribution in [3.63, 3.8) is 0 Å². The number of aryl methyl sites for hydroxylation is 1. The second kappa shape index (κ2) is 7.57. The average molecular weight is 358 g/mol. The zero-order chi connectivity index (χ0) is 17.8. The summed E-state index contributed by atoms with van der Waals surface area (Å²) >= 11 is 6.09. The van der Waals surface area contributed by atoms with E-state index in [1.54, 1.807) is 29.2 Å². The summed E-state index contributed by atoms with van der Waals surface area (Å²) < 4.78 is 0. The number of halogens is 1. The molecule has 2 N–H and O–H groups in total. The molecule has 3 amide bonds. The Morgan fingerprint density at radius 1 is 1.08 bits per heavy atom. The van der Waals surface area contributed by atoms with Crippen LogP contribution in [0.1, 0.15) is 18.4 Å². The van der Waals surface area contributed by atoms with Crippen molar-refractivity contribution in [3.05, 3.63) is 59.1 Å². The van der Waals surface area contributed by atoms with Crippen molar-refractivity contribution >= 4 is 34.9 Å². The fraction of sp³-hybridized carbons (Fsp3) is 0.263. The van der Waals surface area contributed by atoms with Crippen LogP contribution in [0.4, 0.5) is 16.2 Å². The van der Waals surface area contributed by atoms with Crippen LogP contribution in [0.15, 0.2) is 48.5 Å². The third kappa shape index (κ3) is 4.12. The van der Waals surface area contributed by atoms with Gasteiger partial charge < -0.3 is 15.5 Å². The van der Waals surface area contributed by atoms with Gasteiger partial charge in [0.2, 0.25) is 5.91 Å². The van der Waals surface area contributed by atoms with E-state index >= 15 is 0 Å². The van der Waals surface area contributed by atoms with Crippen LogP contribution in [0.3, 0.4) is 0 Å². The van der Waals surface area contributed by atoms with Crippen molar-refractivity contribution in [1.82, 2.24) is 4.90 Å².